The van der Waals surface area contributed by atoms with E-state index in [1.54, 1.807) is 6.92 Å². The molecule has 0 amide bonds. The number of hydrogen-bond acceptors (Lipinski definition) is 3. The quantitative estimate of drug-likeness (QED) is 0.648. The first-order chi connectivity index (χ1) is 8.34. The predicted molar refractivity (Wildman–Crippen MR) is 62.4 cm³/mol. The molecule has 0 fully saturated rings. The molecule has 0 bridgehead atoms. The molecule has 0 saturated heterocycles. The summed E-state index contributed by atoms with van der Waals surface area (Å²) < 4.78 is 43.5. The van der Waals surface area contributed by atoms with Crippen molar-refractivity contribution in [1.82, 2.24) is 0 Å². The average Bonchev–Trinajstić information content (AvgIpc) is 2.26. The third kappa shape index (κ3) is 3.96. The number of benzene rings is 1. The summed E-state index contributed by atoms with van der Waals surface area (Å²) in [4.78, 5) is 4.50. The number of alkyl halides is 3. The Bertz CT molecular complexity index is 430. The highest BCUT2D eigenvalue weighted by Crippen LogP contribution is 2.37. The van der Waals surface area contributed by atoms with Gasteiger partial charge < -0.3 is 4.74 Å². The standard InChI is InChI=1S/C12H14F3NO2/c1-8(2)7-18-9-4-5-11(16-17-3)10(6-9)12(13,14)15/h4-6,16H,1,7H2,2-3H3. The molecule has 1 aromatic rings. The Morgan fingerprint density at radius 2 is 2.06 bits per heavy atom. The second kappa shape index (κ2) is 5.77. The Balaban J connectivity index is 3.01. The maximum Gasteiger partial charge on any atom is 0.418 e. The minimum absolute atomic E-state index is 0.131. The van der Waals surface area contributed by atoms with Crippen LogP contribution in [0.3, 0.4) is 0 Å². The minimum Gasteiger partial charge on any atom is -0.489 e. The Labute approximate surface area is 103 Å². The van der Waals surface area contributed by atoms with Crippen molar-refractivity contribution in [2.24, 2.45) is 0 Å². The van der Waals surface area contributed by atoms with Gasteiger partial charge in [-0.05, 0) is 30.7 Å². The van der Waals surface area contributed by atoms with Gasteiger partial charge >= 0.3 is 6.18 Å². The van der Waals surface area contributed by atoms with Crippen LogP contribution in [-0.2, 0) is 11.0 Å². The van der Waals surface area contributed by atoms with Crippen LogP contribution in [0.15, 0.2) is 30.4 Å². The lowest BCUT2D eigenvalue weighted by atomic mass is 10.1. The van der Waals surface area contributed by atoms with Gasteiger partial charge in [-0.3, -0.25) is 10.3 Å². The zero-order valence-electron chi connectivity index (χ0n) is 10.1. The molecule has 6 heteroatoms. The zero-order valence-corrected chi connectivity index (χ0v) is 10.1. The lowest BCUT2D eigenvalue weighted by molar-refractivity contribution is -0.137. The van der Waals surface area contributed by atoms with Crippen LogP contribution < -0.4 is 10.2 Å². The van der Waals surface area contributed by atoms with E-state index in [1.807, 2.05) is 0 Å². The number of hydrogen-bond donors (Lipinski definition) is 1. The van der Waals surface area contributed by atoms with Crippen LogP contribution in [-0.4, -0.2) is 13.7 Å². The van der Waals surface area contributed by atoms with Gasteiger partial charge in [0.1, 0.15) is 12.4 Å². The van der Waals surface area contributed by atoms with Gasteiger partial charge in [0.25, 0.3) is 0 Å². The van der Waals surface area contributed by atoms with Gasteiger partial charge in [0, 0.05) is 0 Å². The summed E-state index contributed by atoms with van der Waals surface area (Å²) >= 11 is 0. The number of anilines is 1. The van der Waals surface area contributed by atoms with Crippen molar-refractivity contribution in [2.45, 2.75) is 13.1 Å². The van der Waals surface area contributed by atoms with Crippen LogP contribution in [0.2, 0.25) is 0 Å². The summed E-state index contributed by atoms with van der Waals surface area (Å²) in [6.45, 7) is 5.51. The molecule has 1 rings (SSSR count). The second-order valence-corrected chi connectivity index (χ2v) is 3.76. The Kier molecular flexibility index (Phi) is 4.61. The average molecular weight is 261 g/mol. The van der Waals surface area contributed by atoms with Gasteiger partial charge in [0.15, 0.2) is 0 Å². The molecule has 0 spiro atoms. The molecule has 0 heterocycles. The fourth-order valence-electron chi connectivity index (χ4n) is 1.25. The summed E-state index contributed by atoms with van der Waals surface area (Å²) in [6.07, 6.45) is -4.48. The summed E-state index contributed by atoms with van der Waals surface area (Å²) in [7, 11) is 1.24. The van der Waals surface area contributed by atoms with E-state index in [1.165, 1.54) is 19.2 Å². The molecule has 0 aromatic heterocycles. The topological polar surface area (TPSA) is 30.5 Å². The molecule has 0 unspecified atom stereocenters. The highest BCUT2D eigenvalue weighted by molar-refractivity contribution is 5.54. The van der Waals surface area contributed by atoms with Crippen LogP contribution in [0.5, 0.6) is 5.75 Å². The Hall–Kier alpha value is -1.69. The number of nitrogens with one attached hydrogen (secondary N) is 1. The molecule has 0 atom stereocenters. The van der Waals surface area contributed by atoms with Crippen molar-refractivity contribution in [3.63, 3.8) is 0 Å². The van der Waals surface area contributed by atoms with E-state index in [4.69, 9.17) is 4.74 Å². The smallest absolute Gasteiger partial charge is 0.418 e. The molecule has 0 saturated carbocycles. The first kappa shape index (κ1) is 14.4. The minimum atomic E-state index is -4.48. The highest BCUT2D eigenvalue weighted by atomic mass is 19.4. The van der Waals surface area contributed by atoms with Crippen molar-refractivity contribution < 1.29 is 22.7 Å². The molecule has 100 valence electrons. The van der Waals surface area contributed by atoms with E-state index in [-0.39, 0.29) is 18.0 Å². The van der Waals surface area contributed by atoms with Crippen molar-refractivity contribution in [3.8, 4) is 5.75 Å². The van der Waals surface area contributed by atoms with Crippen molar-refractivity contribution in [1.29, 1.82) is 0 Å². The molecule has 0 radical (unpaired) electrons. The molecule has 1 N–H and O–H groups in total. The Morgan fingerprint density at radius 3 is 2.56 bits per heavy atom. The van der Waals surface area contributed by atoms with Gasteiger partial charge in [-0.15, -0.1) is 0 Å². The van der Waals surface area contributed by atoms with Gasteiger partial charge in [0.2, 0.25) is 0 Å². The van der Waals surface area contributed by atoms with Crippen molar-refractivity contribution >= 4 is 5.69 Å². The van der Waals surface area contributed by atoms with Crippen molar-refractivity contribution in [3.05, 3.63) is 35.9 Å². The third-order valence-electron chi connectivity index (χ3n) is 1.99. The second-order valence-electron chi connectivity index (χ2n) is 3.76. The number of halogens is 3. The molecule has 3 nitrogen and oxygen atoms in total. The van der Waals surface area contributed by atoms with E-state index >= 15 is 0 Å². The summed E-state index contributed by atoms with van der Waals surface area (Å²) in [5.74, 6) is 0.131. The van der Waals surface area contributed by atoms with Gasteiger partial charge in [-0.2, -0.15) is 13.2 Å². The van der Waals surface area contributed by atoms with Gasteiger partial charge in [0.05, 0.1) is 18.4 Å². The van der Waals surface area contributed by atoms with E-state index in [2.05, 4.69) is 16.9 Å². The fourth-order valence-corrected chi connectivity index (χ4v) is 1.25. The zero-order chi connectivity index (χ0) is 13.8. The van der Waals surface area contributed by atoms with Gasteiger partial charge in [-0.25, -0.2) is 0 Å². The first-order valence-electron chi connectivity index (χ1n) is 5.12. The fraction of sp³-hybridized carbons (Fsp3) is 0.333. The van der Waals surface area contributed by atoms with Crippen LogP contribution >= 0.6 is 0 Å². The lowest BCUT2D eigenvalue weighted by Crippen LogP contribution is -2.11. The van der Waals surface area contributed by atoms with Crippen molar-refractivity contribution in [2.75, 3.05) is 19.2 Å². The number of rotatable bonds is 5. The highest BCUT2D eigenvalue weighted by Gasteiger charge is 2.34. The molecular formula is C12H14F3NO2. The predicted octanol–water partition coefficient (Wildman–Crippen LogP) is 3.63. The van der Waals surface area contributed by atoms with E-state index in [0.717, 1.165) is 11.6 Å². The summed E-state index contributed by atoms with van der Waals surface area (Å²) in [5.41, 5.74) is 1.90. The maximum atomic E-state index is 12.8. The van der Waals surface area contributed by atoms with Crippen LogP contribution in [0.25, 0.3) is 0 Å². The Morgan fingerprint density at radius 1 is 1.39 bits per heavy atom. The van der Waals surface area contributed by atoms with Crippen LogP contribution in [0, 0.1) is 0 Å². The molecule has 0 aliphatic carbocycles. The monoisotopic (exact) mass is 261 g/mol. The maximum absolute atomic E-state index is 12.8. The lowest BCUT2D eigenvalue weighted by Gasteiger charge is -2.15. The van der Waals surface area contributed by atoms with E-state index in [0.29, 0.717) is 0 Å². The van der Waals surface area contributed by atoms with E-state index in [9.17, 15) is 13.2 Å². The largest absolute Gasteiger partial charge is 0.489 e. The molecular weight excluding hydrogens is 247 g/mol. The van der Waals surface area contributed by atoms with E-state index < -0.39 is 11.7 Å². The normalized spacial score (nSPS) is 11.2. The van der Waals surface area contributed by atoms with Crippen LogP contribution in [0.4, 0.5) is 18.9 Å². The molecule has 18 heavy (non-hydrogen) atoms. The summed E-state index contributed by atoms with van der Waals surface area (Å²) in [5, 5.41) is 0. The molecule has 0 aliphatic heterocycles. The SMILES string of the molecule is C=C(C)COc1ccc(NOC)c(C(F)(F)F)c1. The summed E-state index contributed by atoms with van der Waals surface area (Å²) in [6, 6.07) is 3.60. The molecule has 0 aliphatic rings. The number of ether oxygens (including phenoxy) is 1. The van der Waals surface area contributed by atoms with Gasteiger partial charge in [-0.1, -0.05) is 6.58 Å². The first-order valence-corrected chi connectivity index (χ1v) is 5.12. The third-order valence-corrected chi connectivity index (χ3v) is 1.99. The van der Waals surface area contributed by atoms with Crippen LogP contribution in [0.1, 0.15) is 12.5 Å². The molecule has 1 aromatic carbocycles.